The van der Waals surface area contributed by atoms with Crippen LogP contribution in [0.4, 0.5) is 0 Å². The van der Waals surface area contributed by atoms with E-state index in [1.54, 1.807) is 19.1 Å². The number of hydrogen-bond donors (Lipinski definition) is 0. The summed E-state index contributed by atoms with van der Waals surface area (Å²) in [4.78, 5) is 11.6. The number of cyclic esters (lactones) is 1. The highest BCUT2D eigenvalue weighted by Gasteiger charge is 2.24. The Kier molecular flexibility index (Phi) is 3.10. The van der Waals surface area contributed by atoms with Crippen LogP contribution in [0.25, 0.3) is 0 Å². The maximum absolute atomic E-state index is 11.6. The van der Waals surface area contributed by atoms with Crippen molar-refractivity contribution < 1.29 is 19.0 Å². The van der Waals surface area contributed by atoms with Crippen LogP contribution >= 0.6 is 0 Å². The third-order valence-corrected chi connectivity index (χ3v) is 2.30. The van der Waals surface area contributed by atoms with Crippen molar-refractivity contribution in [2.24, 2.45) is 0 Å². The fraction of sp³-hybridized carbons (Fsp3) is 0.417. The van der Waals surface area contributed by atoms with Gasteiger partial charge in [-0.25, -0.2) is 4.79 Å². The van der Waals surface area contributed by atoms with Crippen LogP contribution in [-0.4, -0.2) is 18.9 Å². The van der Waals surface area contributed by atoms with E-state index in [0.29, 0.717) is 24.5 Å². The molecule has 1 aromatic rings. The predicted molar refractivity (Wildman–Crippen MR) is 57.3 cm³/mol. The summed E-state index contributed by atoms with van der Waals surface area (Å²) in [5.41, 5.74) is 1.41. The molecule has 0 bridgehead atoms. The molecule has 0 radical (unpaired) electrons. The number of carbonyl (C=O) groups is 1. The summed E-state index contributed by atoms with van der Waals surface area (Å²) in [5, 5.41) is 0. The van der Waals surface area contributed by atoms with E-state index in [4.69, 9.17) is 14.2 Å². The molecular weight excluding hydrogens is 208 g/mol. The molecule has 0 saturated carbocycles. The zero-order valence-corrected chi connectivity index (χ0v) is 9.36. The molecule has 1 aliphatic heterocycles. The normalized spacial score (nSPS) is 18.6. The highest BCUT2D eigenvalue weighted by atomic mass is 16.7. The van der Waals surface area contributed by atoms with Gasteiger partial charge >= 0.3 is 5.97 Å². The zero-order valence-electron chi connectivity index (χ0n) is 9.36. The van der Waals surface area contributed by atoms with E-state index in [1.807, 2.05) is 13.0 Å². The van der Waals surface area contributed by atoms with Gasteiger partial charge in [0.25, 0.3) is 0 Å². The first-order valence-electron chi connectivity index (χ1n) is 5.29. The largest absolute Gasteiger partial charge is 0.454 e. The summed E-state index contributed by atoms with van der Waals surface area (Å²) in [6.45, 7) is 4.76. The molecule has 0 aliphatic carbocycles. The van der Waals surface area contributed by atoms with Crippen molar-refractivity contribution in [1.82, 2.24) is 0 Å². The molecule has 0 aromatic heterocycles. The first-order chi connectivity index (χ1) is 7.70. The summed E-state index contributed by atoms with van der Waals surface area (Å²) in [7, 11) is 0. The van der Waals surface area contributed by atoms with Crippen LogP contribution in [0.1, 0.15) is 29.8 Å². The van der Waals surface area contributed by atoms with Gasteiger partial charge in [0.1, 0.15) is 11.3 Å². The molecule has 4 nitrogen and oxygen atoms in total. The highest BCUT2D eigenvalue weighted by Crippen LogP contribution is 2.27. The maximum Gasteiger partial charge on any atom is 0.345 e. The van der Waals surface area contributed by atoms with Crippen LogP contribution < -0.4 is 4.74 Å². The Hall–Kier alpha value is -1.55. The van der Waals surface area contributed by atoms with Gasteiger partial charge in [0.05, 0.1) is 6.61 Å². The third kappa shape index (κ3) is 2.17. The van der Waals surface area contributed by atoms with Crippen molar-refractivity contribution >= 4 is 5.97 Å². The van der Waals surface area contributed by atoms with E-state index in [1.165, 1.54) is 0 Å². The summed E-state index contributed by atoms with van der Waals surface area (Å²) in [6, 6.07) is 5.42. The van der Waals surface area contributed by atoms with Gasteiger partial charge < -0.3 is 14.2 Å². The minimum atomic E-state index is -0.516. The zero-order chi connectivity index (χ0) is 11.5. The monoisotopic (exact) mass is 222 g/mol. The van der Waals surface area contributed by atoms with Crippen LogP contribution in [-0.2, 0) is 16.1 Å². The third-order valence-electron chi connectivity index (χ3n) is 2.30. The molecule has 0 spiro atoms. The molecule has 2 rings (SSSR count). The van der Waals surface area contributed by atoms with Gasteiger partial charge in [-0.05, 0) is 24.6 Å². The van der Waals surface area contributed by atoms with Crippen LogP contribution in [0.3, 0.4) is 0 Å². The summed E-state index contributed by atoms with van der Waals surface area (Å²) in [6.07, 6.45) is -0.516. The van der Waals surface area contributed by atoms with Crippen LogP contribution in [0, 0.1) is 0 Å². The molecule has 0 amide bonds. The highest BCUT2D eigenvalue weighted by molar-refractivity contribution is 5.93. The number of rotatable bonds is 3. The lowest BCUT2D eigenvalue weighted by atomic mass is 10.1. The molecule has 86 valence electrons. The van der Waals surface area contributed by atoms with Gasteiger partial charge in [-0.1, -0.05) is 6.07 Å². The number of esters is 1. The molecule has 4 heteroatoms. The Labute approximate surface area is 94.1 Å². The van der Waals surface area contributed by atoms with Crippen molar-refractivity contribution in [1.29, 1.82) is 0 Å². The van der Waals surface area contributed by atoms with Gasteiger partial charge in [0.2, 0.25) is 6.29 Å². The Morgan fingerprint density at radius 3 is 2.94 bits per heavy atom. The van der Waals surface area contributed by atoms with E-state index in [0.717, 1.165) is 5.56 Å². The van der Waals surface area contributed by atoms with E-state index < -0.39 is 6.29 Å². The second-order valence-corrected chi connectivity index (χ2v) is 3.56. The molecule has 1 heterocycles. The SMILES string of the molecule is CCOCc1ccc2c(c1)C(=O)OC(C)O2. The molecule has 0 saturated heterocycles. The number of benzene rings is 1. The van der Waals surface area contributed by atoms with Gasteiger partial charge in [-0.15, -0.1) is 0 Å². The molecular formula is C12H14O4. The van der Waals surface area contributed by atoms with Crippen LogP contribution in [0.15, 0.2) is 18.2 Å². The maximum atomic E-state index is 11.6. The van der Waals surface area contributed by atoms with Crippen molar-refractivity contribution in [3.8, 4) is 5.75 Å². The standard InChI is InChI=1S/C12H14O4/c1-3-14-7-9-4-5-11-10(6-9)12(13)16-8(2)15-11/h4-6,8H,3,7H2,1-2H3. The number of ether oxygens (including phenoxy) is 3. The lowest BCUT2D eigenvalue weighted by Gasteiger charge is -2.23. The second-order valence-electron chi connectivity index (χ2n) is 3.56. The molecule has 1 atom stereocenters. The van der Waals surface area contributed by atoms with E-state index in [-0.39, 0.29) is 5.97 Å². The summed E-state index contributed by atoms with van der Waals surface area (Å²) < 4.78 is 15.6. The van der Waals surface area contributed by atoms with Gasteiger partial charge in [0.15, 0.2) is 0 Å². The minimum absolute atomic E-state index is 0.341. The minimum Gasteiger partial charge on any atom is -0.454 e. The Bertz CT molecular complexity index is 400. The molecule has 0 fully saturated rings. The predicted octanol–water partition coefficient (Wildman–Crippen LogP) is 2.12. The Balaban J connectivity index is 2.24. The fourth-order valence-electron chi connectivity index (χ4n) is 1.57. The molecule has 1 aliphatic rings. The van der Waals surface area contributed by atoms with E-state index >= 15 is 0 Å². The second kappa shape index (κ2) is 4.53. The summed E-state index contributed by atoms with van der Waals surface area (Å²) in [5.74, 6) is 0.232. The van der Waals surface area contributed by atoms with Crippen LogP contribution in [0.5, 0.6) is 5.75 Å². The van der Waals surface area contributed by atoms with Gasteiger partial charge in [0, 0.05) is 13.5 Å². The number of hydrogen-bond acceptors (Lipinski definition) is 4. The molecule has 1 unspecified atom stereocenters. The van der Waals surface area contributed by atoms with Crippen molar-refractivity contribution in [3.05, 3.63) is 29.3 Å². The van der Waals surface area contributed by atoms with Crippen molar-refractivity contribution in [2.75, 3.05) is 6.61 Å². The van der Waals surface area contributed by atoms with Gasteiger partial charge in [-0.3, -0.25) is 0 Å². The Morgan fingerprint density at radius 2 is 2.19 bits per heavy atom. The van der Waals surface area contributed by atoms with Crippen molar-refractivity contribution in [2.45, 2.75) is 26.7 Å². The molecule has 0 N–H and O–H groups in total. The Morgan fingerprint density at radius 1 is 1.38 bits per heavy atom. The topological polar surface area (TPSA) is 44.8 Å². The first kappa shape index (κ1) is 11.0. The summed E-state index contributed by atoms with van der Waals surface area (Å²) >= 11 is 0. The lowest BCUT2D eigenvalue weighted by molar-refractivity contribution is -0.0489. The van der Waals surface area contributed by atoms with Crippen LogP contribution in [0.2, 0.25) is 0 Å². The average molecular weight is 222 g/mol. The smallest absolute Gasteiger partial charge is 0.345 e. The quantitative estimate of drug-likeness (QED) is 0.735. The van der Waals surface area contributed by atoms with Gasteiger partial charge in [-0.2, -0.15) is 0 Å². The first-order valence-corrected chi connectivity index (χ1v) is 5.29. The fourth-order valence-corrected chi connectivity index (χ4v) is 1.57. The van der Waals surface area contributed by atoms with Crippen molar-refractivity contribution in [3.63, 3.8) is 0 Å². The lowest BCUT2D eigenvalue weighted by Crippen LogP contribution is -2.27. The molecule has 1 aromatic carbocycles. The molecule has 16 heavy (non-hydrogen) atoms. The number of fused-ring (bicyclic) bond motifs is 1. The average Bonchev–Trinajstić information content (AvgIpc) is 2.26. The number of carbonyl (C=O) groups excluding carboxylic acids is 1. The van der Waals surface area contributed by atoms with E-state index in [2.05, 4.69) is 0 Å². The van der Waals surface area contributed by atoms with E-state index in [9.17, 15) is 4.79 Å².